The SMILES string of the molecule is CCOC(=O)N1CCC2(CC(N3CCC(N4CCC(C)C4)CC3)C2)C1. The Kier molecular flexibility index (Phi) is 4.98. The van der Waals surface area contributed by atoms with Crippen molar-refractivity contribution in [1.29, 1.82) is 0 Å². The second-order valence-corrected chi connectivity index (χ2v) is 9.09. The fourth-order valence-electron chi connectivity index (χ4n) is 5.75. The number of carbonyl (C=O) groups excluding carboxylic acids is 1. The van der Waals surface area contributed by atoms with Crippen molar-refractivity contribution in [3.63, 3.8) is 0 Å². The number of carbonyl (C=O) groups is 1. The molecule has 0 aromatic heterocycles. The van der Waals surface area contributed by atoms with Gasteiger partial charge in [-0.3, -0.25) is 0 Å². The van der Waals surface area contributed by atoms with Gasteiger partial charge in [0.1, 0.15) is 0 Å². The van der Waals surface area contributed by atoms with Crippen LogP contribution in [-0.4, -0.2) is 78.8 Å². The maximum absolute atomic E-state index is 11.9. The van der Waals surface area contributed by atoms with E-state index in [9.17, 15) is 4.79 Å². The van der Waals surface area contributed by atoms with Gasteiger partial charge in [-0.2, -0.15) is 0 Å². The van der Waals surface area contributed by atoms with Crippen LogP contribution in [0.2, 0.25) is 0 Å². The summed E-state index contributed by atoms with van der Waals surface area (Å²) < 4.78 is 5.17. The summed E-state index contributed by atoms with van der Waals surface area (Å²) >= 11 is 0. The normalized spacial score (nSPS) is 37.6. The molecule has 4 aliphatic rings. The van der Waals surface area contributed by atoms with Gasteiger partial charge in [-0.15, -0.1) is 0 Å². The molecule has 1 amide bonds. The molecule has 0 radical (unpaired) electrons. The number of ether oxygens (including phenoxy) is 1. The molecule has 0 aromatic carbocycles. The number of hydrogen-bond donors (Lipinski definition) is 0. The predicted octanol–water partition coefficient (Wildman–Crippen LogP) is 2.80. The Hall–Kier alpha value is -0.810. The first-order chi connectivity index (χ1) is 12.1. The first-order valence-corrected chi connectivity index (χ1v) is 10.5. The largest absolute Gasteiger partial charge is 0.450 e. The summed E-state index contributed by atoms with van der Waals surface area (Å²) in [5.74, 6) is 0.897. The van der Waals surface area contributed by atoms with E-state index in [2.05, 4.69) is 16.7 Å². The Morgan fingerprint density at radius 2 is 1.76 bits per heavy atom. The molecule has 4 rings (SSSR count). The Labute approximate surface area is 152 Å². The lowest BCUT2D eigenvalue weighted by Gasteiger charge is -2.52. The van der Waals surface area contributed by atoms with Crippen molar-refractivity contribution in [2.45, 2.75) is 64.5 Å². The topological polar surface area (TPSA) is 36.0 Å². The van der Waals surface area contributed by atoms with Gasteiger partial charge in [0.15, 0.2) is 0 Å². The molecule has 3 aliphatic heterocycles. The zero-order valence-electron chi connectivity index (χ0n) is 16.1. The van der Waals surface area contributed by atoms with Crippen molar-refractivity contribution in [3.8, 4) is 0 Å². The number of amides is 1. The maximum Gasteiger partial charge on any atom is 0.409 e. The lowest BCUT2D eigenvalue weighted by atomic mass is 9.64. The molecular formula is C20H35N3O2. The minimum atomic E-state index is -0.108. The number of nitrogens with zero attached hydrogens (tertiary/aromatic N) is 3. The molecule has 3 saturated heterocycles. The Morgan fingerprint density at radius 3 is 2.40 bits per heavy atom. The Morgan fingerprint density at radius 1 is 1.04 bits per heavy atom. The molecule has 5 nitrogen and oxygen atoms in total. The summed E-state index contributed by atoms with van der Waals surface area (Å²) in [6.07, 6.45) is 7.73. The molecule has 1 spiro atoms. The molecular weight excluding hydrogens is 314 g/mol. The molecule has 3 heterocycles. The summed E-state index contributed by atoms with van der Waals surface area (Å²) in [4.78, 5) is 19.4. The highest BCUT2D eigenvalue weighted by Gasteiger charge is 2.51. The monoisotopic (exact) mass is 349 g/mol. The second kappa shape index (κ2) is 7.07. The minimum Gasteiger partial charge on any atom is -0.450 e. The summed E-state index contributed by atoms with van der Waals surface area (Å²) in [6.45, 7) is 11.8. The van der Waals surface area contributed by atoms with Crippen LogP contribution in [0.3, 0.4) is 0 Å². The molecule has 1 saturated carbocycles. The molecule has 0 N–H and O–H groups in total. The third kappa shape index (κ3) is 3.55. The maximum atomic E-state index is 11.9. The van der Waals surface area contributed by atoms with Crippen LogP contribution >= 0.6 is 0 Å². The van der Waals surface area contributed by atoms with Crippen molar-refractivity contribution in [2.24, 2.45) is 11.3 Å². The van der Waals surface area contributed by atoms with E-state index in [1.54, 1.807) is 0 Å². The van der Waals surface area contributed by atoms with E-state index in [4.69, 9.17) is 4.74 Å². The van der Waals surface area contributed by atoms with Crippen LogP contribution in [0.4, 0.5) is 4.79 Å². The standard InChI is InChI=1S/C20H35N3O2/c1-3-25-19(24)23-11-7-20(15-23)12-18(13-20)21-9-5-17(6-10-21)22-8-4-16(2)14-22/h16-18H,3-15H2,1-2H3. The van der Waals surface area contributed by atoms with Crippen LogP contribution in [0.5, 0.6) is 0 Å². The average Bonchev–Trinajstić information content (AvgIpc) is 3.21. The number of rotatable bonds is 3. The average molecular weight is 350 g/mol. The Balaban J connectivity index is 1.21. The van der Waals surface area contributed by atoms with E-state index in [0.717, 1.165) is 31.1 Å². The molecule has 25 heavy (non-hydrogen) atoms. The van der Waals surface area contributed by atoms with Crippen molar-refractivity contribution in [3.05, 3.63) is 0 Å². The second-order valence-electron chi connectivity index (χ2n) is 9.09. The van der Waals surface area contributed by atoms with Crippen molar-refractivity contribution < 1.29 is 9.53 Å². The Bertz CT molecular complexity index is 483. The van der Waals surface area contributed by atoms with E-state index < -0.39 is 0 Å². The first-order valence-electron chi connectivity index (χ1n) is 10.5. The highest BCUT2D eigenvalue weighted by atomic mass is 16.6. The van der Waals surface area contributed by atoms with Gasteiger partial charge in [0.05, 0.1) is 6.61 Å². The third-order valence-corrected chi connectivity index (χ3v) is 7.29. The van der Waals surface area contributed by atoms with Crippen LogP contribution in [0.15, 0.2) is 0 Å². The van der Waals surface area contributed by atoms with E-state index >= 15 is 0 Å². The van der Waals surface area contributed by atoms with Crippen LogP contribution < -0.4 is 0 Å². The molecule has 1 unspecified atom stereocenters. The summed E-state index contributed by atoms with van der Waals surface area (Å²) in [5.41, 5.74) is 0.401. The van der Waals surface area contributed by atoms with E-state index in [0.29, 0.717) is 12.0 Å². The third-order valence-electron chi connectivity index (χ3n) is 7.29. The van der Waals surface area contributed by atoms with E-state index in [-0.39, 0.29) is 6.09 Å². The minimum absolute atomic E-state index is 0.108. The van der Waals surface area contributed by atoms with Gasteiger partial charge >= 0.3 is 6.09 Å². The van der Waals surface area contributed by atoms with Crippen molar-refractivity contribution >= 4 is 6.09 Å². The summed E-state index contributed by atoms with van der Waals surface area (Å²) in [6, 6.07) is 1.60. The van der Waals surface area contributed by atoms with E-state index in [1.165, 1.54) is 64.7 Å². The number of likely N-dealkylation sites (tertiary alicyclic amines) is 3. The van der Waals surface area contributed by atoms with Gasteiger partial charge in [0.25, 0.3) is 0 Å². The highest BCUT2D eigenvalue weighted by Crippen LogP contribution is 2.50. The van der Waals surface area contributed by atoms with Gasteiger partial charge in [0.2, 0.25) is 0 Å². The van der Waals surface area contributed by atoms with Crippen molar-refractivity contribution in [2.75, 3.05) is 45.9 Å². The zero-order chi connectivity index (χ0) is 17.4. The summed E-state index contributed by atoms with van der Waals surface area (Å²) in [7, 11) is 0. The van der Waals surface area contributed by atoms with Crippen molar-refractivity contribution in [1.82, 2.24) is 14.7 Å². The molecule has 142 valence electrons. The van der Waals surface area contributed by atoms with E-state index in [1.807, 2.05) is 11.8 Å². The first kappa shape index (κ1) is 17.6. The molecule has 1 atom stereocenters. The lowest BCUT2D eigenvalue weighted by molar-refractivity contribution is -0.0143. The molecule has 0 aromatic rings. The fourth-order valence-corrected chi connectivity index (χ4v) is 5.75. The smallest absolute Gasteiger partial charge is 0.409 e. The van der Waals surface area contributed by atoms with Gasteiger partial charge in [0, 0.05) is 31.7 Å². The van der Waals surface area contributed by atoms with Crippen LogP contribution in [0, 0.1) is 11.3 Å². The lowest BCUT2D eigenvalue weighted by Crippen LogP contribution is -2.55. The molecule has 1 aliphatic carbocycles. The van der Waals surface area contributed by atoms with Crippen LogP contribution in [-0.2, 0) is 4.74 Å². The quantitative estimate of drug-likeness (QED) is 0.785. The molecule has 4 fully saturated rings. The summed E-state index contributed by atoms with van der Waals surface area (Å²) in [5, 5.41) is 0. The predicted molar refractivity (Wildman–Crippen MR) is 98.6 cm³/mol. The molecule has 5 heteroatoms. The van der Waals surface area contributed by atoms with Gasteiger partial charge < -0.3 is 19.4 Å². The van der Waals surface area contributed by atoms with Gasteiger partial charge in [-0.1, -0.05) is 6.92 Å². The van der Waals surface area contributed by atoms with Gasteiger partial charge in [-0.25, -0.2) is 4.79 Å². The fraction of sp³-hybridized carbons (Fsp3) is 0.950. The number of hydrogen-bond acceptors (Lipinski definition) is 4. The van der Waals surface area contributed by atoms with Gasteiger partial charge in [-0.05, 0) is 76.4 Å². The van der Waals surface area contributed by atoms with Crippen LogP contribution in [0.1, 0.15) is 52.4 Å². The number of piperidine rings is 1. The highest BCUT2D eigenvalue weighted by molar-refractivity contribution is 5.68. The zero-order valence-corrected chi connectivity index (χ0v) is 16.1. The van der Waals surface area contributed by atoms with Crippen LogP contribution in [0.25, 0.3) is 0 Å². The molecule has 0 bridgehead atoms.